The molecule has 0 spiro atoms. The predicted molar refractivity (Wildman–Crippen MR) is 111 cm³/mol. The van der Waals surface area contributed by atoms with Crippen molar-refractivity contribution in [2.75, 3.05) is 7.11 Å². The molecule has 0 aliphatic rings. The molecule has 0 atom stereocenters. The van der Waals surface area contributed by atoms with Crippen LogP contribution >= 0.6 is 0 Å². The second-order valence-electron chi connectivity index (χ2n) is 6.28. The van der Waals surface area contributed by atoms with Crippen LogP contribution in [-0.2, 0) is 0 Å². The van der Waals surface area contributed by atoms with E-state index >= 15 is 0 Å². The average molecular weight is 386 g/mol. The maximum absolute atomic E-state index is 12.4. The number of H-pyrrole nitrogens is 1. The zero-order chi connectivity index (χ0) is 20.2. The van der Waals surface area contributed by atoms with Crippen molar-refractivity contribution in [3.05, 3.63) is 77.9 Å². The maximum atomic E-state index is 12.4. The Morgan fingerprint density at radius 2 is 1.97 bits per heavy atom. The highest BCUT2D eigenvalue weighted by atomic mass is 16.5. The molecule has 3 N–H and O–H groups in total. The Morgan fingerprint density at radius 3 is 2.76 bits per heavy atom. The molecule has 1 heterocycles. The molecule has 0 unspecified atom stereocenters. The Bertz CT molecular complexity index is 1200. The van der Waals surface area contributed by atoms with Crippen LogP contribution in [0.4, 0.5) is 0 Å². The number of hydrogen-bond acceptors (Lipinski definition) is 5. The lowest BCUT2D eigenvalue weighted by Crippen LogP contribution is -2.17. The summed E-state index contributed by atoms with van der Waals surface area (Å²) in [6, 6.07) is 20.0. The van der Waals surface area contributed by atoms with Crippen LogP contribution < -0.4 is 10.2 Å². The monoisotopic (exact) mass is 386 g/mol. The number of amides is 1. The van der Waals surface area contributed by atoms with Gasteiger partial charge in [0.25, 0.3) is 5.91 Å². The first-order valence-electron chi connectivity index (χ1n) is 8.90. The number of nitrogens with zero attached hydrogens (tertiary/aromatic N) is 2. The largest absolute Gasteiger partial charge is 0.504 e. The molecule has 7 heteroatoms. The molecule has 0 aliphatic heterocycles. The molecule has 0 bridgehead atoms. The van der Waals surface area contributed by atoms with Crippen LogP contribution in [0, 0.1) is 0 Å². The van der Waals surface area contributed by atoms with E-state index in [1.54, 1.807) is 36.4 Å². The molecular weight excluding hydrogens is 368 g/mol. The molecule has 0 aliphatic carbocycles. The number of para-hydroxylation sites is 1. The first-order valence-corrected chi connectivity index (χ1v) is 8.90. The van der Waals surface area contributed by atoms with Crippen molar-refractivity contribution in [1.29, 1.82) is 0 Å². The van der Waals surface area contributed by atoms with Gasteiger partial charge < -0.3 is 14.8 Å². The quantitative estimate of drug-likeness (QED) is 0.360. The van der Waals surface area contributed by atoms with Gasteiger partial charge >= 0.3 is 0 Å². The number of aromatic amines is 1. The van der Waals surface area contributed by atoms with Gasteiger partial charge in [-0.15, -0.1) is 0 Å². The SMILES string of the molecule is COc1cccc(C=NNC(=O)c2ccc3nc(-c4ccccc4)[nH]c3c2)c1O. The molecule has 0 fully saturated rings. The number of aromatic hydroxyl groups is 1. The minimum absolute atomic E-state index is 0.0414. The molecule has 4 aromatic rings. The van der Waals surface area contributed by atoms with Gasteiger partial charge in [0.15, 0.2) is 11.5 Å². The fourth-order valence-corrected chi connectivity index (χ4v) is 2.92. The first-order chi connectivity index (χ1) is 14.2. The van der Waals surface area contributed by atoms with Crippen LogP contribution in [0.25, 0.3) is 22.4 Å². The van der Waals surface area contributed by atoms with E-state index < -0.39 is 0 Å². The maximum Gasteiger partial charge on any atom is 0.271 e. The van der Waals surface area contributed by atoms with Crippen molar-refractivity contribution in [2.45, 2.75) is 0 Å². The predicted octanol–water partition coefficient (Wildman–Crippen LogP) is 3.71. The highest BCUT2D eigenvalue weighted by molar-refractivity contribution is 5.98. The fourth-order valence-electron chi connectivity index (χ4n) is 2.92. The lowest BCUT2D eigenvalue weighted by Gasteiger charge is -2.05. The number of phenolic OH excluding ortho intramolecular Hbond substituents is 1. The summed E-state index contributed by atoms with van der Waals surface area (Å²) in [5.41, 5.74) is 5.82. The van der Waals surface area contributed by atoms with Crippen LogP contribution in [0.15, 0.2) is 71.8 Å². The zero-order valence-corrected chi connectivity index (χ0v) is 15.6. The summed E-state index contributed by atoms with van der Waals surface area (Å²) in [5, 5.41) is 14.0. The highest BCUT2D eigenvalue weighted by Gasteiger charge is 2.10. The summed E-state index contributed by atoms with van der Waals surface area (Å²) in [6.07, 6.45) is 1.36. The number of ether oxygens (including phenoxy) is 1. The van der Waals surface area contributed by atoms with Gasteiger partial charge in [0.2, 0.25) is 0 Å². The van der Waals surface area contributed by atoms with E-state index in [1.807, 2.05) is 30.3 Å². The van der Waals surface area contributed by atoms with Crippen molar-refractivity contribution in [1.82, 2.24) is 15.4 Å². The third-order valence-corrected chi connectivity index (χ3v) is 4.41. The number of methoxy groups -OCH3 is 1. The van der Waals surface area contributed by atoms with Gasteiger partial charge in [0.1, 0.15) is 5.82 Å². The standard InChI is InChI=1S/C22H18N4O3/c1-29-19-9-5-8-16(20(19)27)13-23-26-22(28)15-10-11-17-18(12-15)25-21(24-17)14-6-3-2-4-7-14/h2-13,27H,1H3,(H,24,25)(H,26,28). The van der Waals surface area contributed by atoms with E-state index in [4.69, 9.17) is 4.74 Å². The van der Waals surface area contributed by atoms with Gasteiger partial charge in [-0.1, -0.05) is 36.4 Å². The summed E-state index contributed by atoms with van der Waals surface area (Å²) in [4.78, 5) is 20.2. The average Bonchev–Trinajstić information content (AvgIpc) is 3.19. The number of hydrogen-bond donors (Lipinski definition) is 3. The molecular formula is C22H18N4O3. The van der Waals surface area contributed by atoms with E-state index in [2.05, 4.69) is 20.5 Å². The third kappa shape index (κ3) is 3.79. The molecule has 7 nitrogen and oxygen atoms in total. The molecule has 3 aromatic carbocycles. The molecule has 1 amide bonds. The Labute approximate surface area is 166 Å². The molecule has 1 aromatic heterocycles. The van der Waals surface area contributed by atoms with Crippen LogP contribution in [0.3, 0.4) is 0 Å². The topological polar surface area (TPSA) is 99.6 Å². The van der Waals surface area contributed by atoms with E-state index in [-0.39, 0.29) is 11.7 Å². The minimum Gasteiger partial charge on any atom is -0.504 e. The zero-order valence-electron chi connectivity index (χ0n) is 15.6. The van der Waals surface area contributed by atoms with Crippen molar-refractivity contribution >= 4 is 23.2 Å². The first kappa shape index (κ1) is 18.2. The summed E-state index contributed by atoms with van der Waals surface area (Å²) in [7, 11) is 1.46. The third-order valence-electron chi connectivity index (χ3n) is 4.41. The number of rotatable bonds is 5. The number of nitrogens with one attached hydrogen (secondary N) is 2. The second-order valence-corrected chi connectivity index (χ2v) is 6.28. The van der Waals surface area contributed by atoms with Gasteiger partial charge in [-0.3, -0.25) is 4.79 Å². The van der Waals surface area contributed by atoms with Gasteiger partial charge in [0.05, 0.1) is 24.4 Å². The number of imidazole rings is 1. The lowest BCUT2D eigenvalue weighted by molar-refractivity contribution is 0.0955. The number of carbonyl (C=O) groups excluding carboxylic acids is 1. The van der Waals surface area contributed by atoms with E-state index in [1.165, 1.54) is 13.3 Å². The summed E-state index contributed by atoms with van der Waals surface area (Å²) >= 11 is 0. The van der Waals surface area contributed by atoms with Gasteiger partial charge in [-0.25, -0.2) is 10.4 Å². The number of carbonyl (C=O) groups is 1. The fraction of sp³-hybridized carbons (Fsp3) is 0.0455. The lowest BCUT2D eigenvalue weighted by atomic mass is 10.2. The number of aromatic nitrogens is 2. The molecule has 0 radical (unpaired) electrons. The summed E-state index contributed by atoms with van der Waals surface area (Å²) < 4.78 is 5.05. The second kappa shape index (κ2) is 7.85. The Hall–Kier alpha value is -4.13. The smallest absolute Gasteiger partial charge is 0.271 e. The molecule has 0 saturated carbocycles. The highest BCUT2D eigenvalue weighted by Crippen LogP contribution is 2.28. The minimum atomic E-state index is -0.374. The molecule has 29 heavy (non-hydrogen) atoms. The van der Waals surface area contributed by atoms with Crippen molar-refractivity contribution < 1.29 is 14.6 Å². The van der Waals surface area contributed by atoms with Crippen molar-refractivity contribution in [3.63, 3.8) is 0 Å². The van der Waals surface area contributed by atoms with Gasteiger partial charge in [-0.2, -0.15) is 5.10 Å². The Balaban J connectivity index is 1.51. The molecule has 0 saturated heterocycles. The number of benzene rings is 3. The number of hydrazone groups is 1. The van der Waals surface area contributed by atoms with Crippen LogP contribution in [0.5, 0.6) is 11.5 Å². The van der Waals surface area contributed by atoms with Crippen LogP contribution in [0.2, 0.25) is 0 Å². The van der Waals surface area contributed by atoms with Crippen molar-refractivity contribution in [2.24, 2.45) is 5.10 Å². The van der Waals surface area contributed by atoms with E-state index in [0.29, 0.717) is 16.9 Å². The summed E-state index contributed by atoms with van der Waals surface area (Å²) in [5.74, 6) is 0.658. The van der Waals surface area contributed by atoms with Gasteiger partial charge in [-0.05, 0) is 30.3 Å². The summed E-state index contributed by atoms with van der Waals surface area (Å²) in [6.45, 7) is 0. The van der Waals surface area contributed by atoms with Crippen LogP contribution in [-0.4, -0.2) is 34.3 Å². The molecule has 4 rings (SSSR count). The molecule has 144 valence electrons. The van der Waals surface area contributed by atoms with Crippen LogP contribution in [0.1, 0.15) is 15.9 Å². The number of fused-ring (bicyclic) bond motifs is 1. The Morgan fingerprint density at radius 1 is 1.14 bits per heavy atom. The van der Waals surface area contributed by atoms with Crippen molar-refractivity contribution in [3.8, 4) is 22.9 Å². The van der Waals surface area contributed by atoms with E-state index in [9.17, 15) is 9.90 Å². The Kier molecular flexibility index (Phi) is 4.94. The van der Waals surface area contributed by atoms with E-state index in [0.717, 1.165) is 22.4 Å². The normalized spacial score (nSPS) is 11.1. The number of phenols is 1. The van der Waals surface area contributed by atoms with Gasteiger partial charge in [0, 0.05) is 16.7 Å².